The SMILES string of the molecule is CCN(CC)C(=O)CCCn1cc(CCC(=O)O)nn1. The van der Waals surface area contributed by atoms with Crippen LogP contribution in [0.1, 0.15) is 38.8 Å². The van der Waals surface area contributed by atoms with Crippen LogP contribution in [0.5, 0.6) is 0 Å². The first kappa shape index (κ1) is 16.1. The second-order valence-corrected chi connectivity index (χ2v) is 4.54. The molecule has 0 atom stereocenters. The lowest BCUT2D eigenvalue weighted by molar-refractivity contribution is -0.137. The van der Waals surface area contributed by atoms with Gasteiger partial charge in [0, 0.05) is 38.7 Å². The normalized spacial score (nSPS) is 10.5. The van der Waals surface area contributed by atoms with Crippen molar-refractivity contribution in [3.8, 4) is 0 Å². The number of aryl methyl sites for hydroxylation is 2. The molecule has 1 rings (SSSR count). The van der Waals surface area contributed by atoms with Gasteiger partial charge in [0.05, 0.1) is 12.1 Å². The molecule has 0 aliphatic heterocycles. The van der Waals surface area contributed by atoms with E-state index >= 15 is 0 Å². The van der Waals surface area contributed by atoms with E-state index in [2.05, 4.69) is 10.3 Å². The fraction of sp³-hybridized carbons (Fsp3) is 0.692. The van der Waals surface area contributed by atoms with Crippen molar-refractivity contribution in [3.05, 3.63) is 11.9 Å². The monoisotopic (exact) mass is 282 g/mol. The van der Waals surface area contributed by atoms with Crippen molar-refractivity contribution in [3.63, 3.8) is 0 Å². The van der Waals surface area contributed by atoms with Crippen molar-refractivity contribution in [1.29, 1.82) is 0 Å². The van der Waals surface area contributed by atoms with E-state index in [0.29, 0.717) is 31.5 Å². The minimum absolute atomic E-state index is 0.0547. The third kappa shape index (κ3) is 5.38. The smallest absolute Gasteiger partial charge is 0.303 e. The van der Waals surface area contributed by atoms with Crippen LogP contribution in [0.25, 0.3) is 0 Å². The summed E-state index contributed by atoms with van der Waals surface area (Å²) in [5.74, 6) is -0.689. The van der Waals surface area contributed by atoms with E-state index in [1.807, 2.05) is 13.8 Å². The zero-order valence-electron chi connectivity index (χ0n) is 12.1. The molecule has 0 bridgehead atoms. The molecule has 0 aliphatic rings. The fourth-order valence-corrected chi connectivity index (χ4v) is 1.92. The quantitative estimate of drug-likeness (QED) is 0.728. The van der Waals surface area contributed by atoms with Crippen molar-refractivity contribution >= 4 is 11.9 Å². The molecule has 1 aromatic heterocycles. The standard InChI is InChI=1S/C13H22N4O3/c1-3-16(4-2)12(18)6-5-9-17-10-11(14-15-17)7-8-13(19)20/h10H,3-9H2,1-2H3,(H,19,20). The second kappa shape index (κ2) is 8.29. The summed E-state index contributed by atoms with van der Waals surface area (Å²) in [6.07, 6.45) is 3.38. The Morgan fingerprint density at radius 3 is 2.60 bits per heavy atom. The van der Waals surface area contributed by atoms with Gasteiger partial charge in [-0.1, -0.05) is 5.21 Å². The van der Waals surface area contributed by atoms with Gasteiger partial charge >= 0.3 is 5.97 Å². The highest BCUT2D eigenvalue weighted by atomic mass is 16.4. The van der Waals surface area contributed by atoms with E-state index in [1.54, 1.807) is 15.8 Å². The molecule has 0 radical (unpaired) electrons. The van der Waals surface area contributed by atoms with E-state index in [4.69, 9.17) is 5.11 Å². The van der Waals surface area contributed by atoms with Gasteiger partial charge in [0.1, 0.15) is 0 Å². The molecule has 0 saturated carbocycles. The Kier molecular flexibility index (Phi) is 6.69. The number of carboxylic acids is 1. The summed E-state index contributed by atoms with van der Waals surface area (Å²) in [5, 5.41) is 16.4. The summed E-state index contributed by atoms with van der Waals surface area (Å²) < 4.78 is 1.66. The van der Waals surface area contributed by atoms with Gasteiger partial charge in [-0.15, -0.1) is 5.10 Å². The van der Waals surface area contributed by atoms with Gasteiger partial charge in [-0.05, 0) is 20.3 Å². The summed E-state index contributed by atoms with van der Waals surface area (Å²) in [6.45, 7) is 6.02. The van der Waals surface area contributed by atoms with E-state index in [1.165, 1.54) is 0 Å². The predicted molar refractivity (Wildman–Crippen MR) is 73.1 cm³/mol. The van der Waals surface area contributed by atoms with Crippen LogP contribution in [-0.2, 0) is 22.6 Å². The van der Waals surface area contributed by atoms with Gasteiger partial charge in [-0.3, -0.25) is 14.3 Å². The number of carbonyl (C=O) groups is 2. The van der Waals surface area contributed by atoms with E-state index in [0.717, 1.165) is 13.1 Å². The number of carbonyl (C=O) groups excluding carboxylic acids is 1. The maximum absolute atomic E-state index is 11.8. The summed E-state index contributed by atoms with van der Waals surface area (Å²) in [5.41, 5.74) is 0.669. The molecule has 0 aromatic carbocycles. The number of aliphatic carboxylic acids is 1. The largest absolute Gasteiger partial charge is 0.481 e. The van der Waals surface area contributed by atoms with Gasteiger partial charge in [0.15, 0.2) is 0 Å². The van der Waals surface area contributed by atoms with Crippen LogP contribution in [0.2, 0.25) is 0 Å². The van der Waals surface area contributed by atoms with Crippen LogP contribution in [0.15, 0.2) is 6.20 Å². The highest BCUT2D eigenvalue weighted by molar-refractivity contribution is 5.76. The third-order valence-corrected chi connectivity index (χ3v) is 3.08. The second-order valence-electron chi connectivity index (χ2n) is 4.54. The average molecular weight is 282 g/mol. The topological polar surface area (TPSA) is 88.3 Å². The first-order chi connectivity index (χ1) is 9.56. The summed E-state index contributed by atoms with van der Waals surface area (Å²) in [6, 6.07) is 0. The van der Waals surface area contributed by atoms with Gasteiger partial charge in [0.2, 0.25) is 5.91 Å². The molecule has 0 saturated heterocycles. The lowest BCUT2D eigenvalue weighted by atomic mass is 10.2. The van der Waals surface area contributed by atoms with Gasteiger partial charge in [-0.25, -0.2) is 0 Å². The molecule has 0 fully saturated rings. The summed E-state index contributed by atoms with van der Waals surface area (Å²) in [4.78, 5) is 24.0. The molecule has 1 heterocycles. The molecule has 1 N–H and O–H groups in total. The Morgan fingerprint density at radius 1 is 1.30 bits per heavy atom. The average Bonchev–Trinajstić information content (AvgIpc) is 2.86. The summed E-state index contributed by atoms with van der Waals surface area (Å²) in [7, 11) is 0. The number of hydrogen-bond donors (Lipinski definition) is 1. The van der Waals surface area contributed by atoms with Gasteiger partial charge in [0.25, 0.3) is 0 Å². The van der Waals surface area contributed by atoms with E-state index in [-0.39, 0.29) is 12.3 Å². The van der Waals surface area contributed by atoms with Crippen molar-refractivity contribution in [2.24, 2.45) is 0 Å². The Morgan fingerprint density at radius 2 is 2.00 bits per heavy atom. The molecule has 7 nitrogen and oxygen atoms in total. The zero-order chi connectivity index (χ0) is 15.0. The molecule has 7 heteroatoms. The fourth-order valence-electron chi connectivity index (χ4n) is 1.92. The molecule has 0 unspecified atom stereocenters. The Bertz CT molecular complexity index is 441. The number of nitrogens with zero attached hydrogens (tertiary/aromatic N) is 4. The lowest BCUT2D eigenvalue weighted by Gasteiger charge is -2.18. The van der Waals surface area contributed by atoms with Crippen LogP contribution < -0.4 is 0 Å². The first-order valence-corrected chi connectivity index (χ1v) is 6.95. The molecular formula is C13H22N4O3. The van der Waals surface area contributed by atoms with Crippen molar-refractivity contribution < 1.29 is 14.7 Å². The van der Waals surface area contributed by atoms with Crippen LogP contribution in [0.4, 0.5) is 0 Å². The van der Waals surface area contributed by atoms with Crippen molar-refractivity contribution in [2.45, 2.75) is 46.1 Å². The third-order valence-electron chi connectivity index (χ3n) is 3.08. The number of aromatic nitrogens is 3. The van der Waals surface area contributed by atoms with Crippen molar-refractivity contribution in [2.75, 3.05) is 13.1 Å². The number of rotatable bonds is 9. The van der Waals surface area contributed by atoms with Crippen molar-refractivity contribution in [1.82, 2.24) is 19.9 Å². The maximum Gasteiger partial charge on any atom is 0.303 e. The zero-order valence-corrected chi connectivity index (χ0v) is 12.1. The molecule has 112 valence electrons. The minimum atomic E-state index is -0.843. The Balaban J connectivity index is 2.32. The molecule has 1 aromatic rings. The van der Waals surface area contributed by atoms with Gasteiger partial charge in [-0.2, -0.15) is 0 Å². The first-order valence-electron chi connectivity index (χ1n) is 6.95. The van der Waals surface area contributed by atoms with E-state index in [9.17, 15) is 9.59 Å². The van der Waals surface area contributed by atoms with Gasteiger partial charge < -0.3 is 10.0 Å². The number of carboxylic acid groups (broad SMARTS) is 1. The highest BCUT2D eigenvalue weighted by Crippen LogP contribution is 2.02. The summed E-state index contributed by atoms with van der Waals surface area (Å²) >= 11 is 0. The van der Waals surface area contributed by atoms with Crippen LogP contribution in [0.3, 0.4) is 0 Å². The minimum Gasteiger partial charge on any atom is -0.481 e. The number of amides is 1. The van der Waals surface area contributed by atoms with Crippen LogP contribution >= 0.6 is 0 Å². The Labute approximate surface area is 118 Å². The van der Waals surface area contributed by atoms with E-state index < -0.39 is 5.97 Å². The lowest BCUT2D eigenvalue weighted by Crippen LogP contribution is -2.30. The maximum atomic E-state index is 11.8. The number of hydrogen-bond acceptors (Lipinski definition) is 4. The highest BCUT2D eigenvalue weighted by Gasteiger charge is 2.09. The Hall–Kier alpha value is -1.92. The van der Waals surface area contributed by atoms with Crippen LogP contribution in [0, 0.1) is 0 Å². The molecule has 0 aliphatic carbocycles. The predicted octanol–water partition coefficient (Wildman–Crippen LogP) is 0.944. The molecular weight excluding hydrogens is 260 g/mol. The molecule has 0 spiro atoms. The molecule has 20 heavy (non-hydrogen) atoms. The molecule has 1 amide bonds. The van der Waals surface area contributed by atoms with Crippen LogP contribution in [-0.4, -0.2) is 50.0 Å².